The van der Waals surface area contributed by atoms with Crippen LogP contribution in [0, 0.1) is 40.4 Å². The highest BCUT2D eigenvalue weighted by atomic mass is 16.2. The van der Waals surface area contributed by atoms with Crippen LogP contribution in [0.4, 0.5) is 0 Å². The van der Waals surface area contributed by atoms with Crippen molar-refractivity contribution in [2.24, 2.45) is 40.4 Å². The molecular weight excluding hydrogens is 414 g/mol. The molecule has 0 unspecified atom stereocenters. The van der Waals surface area contributed by atoms with Crippen LogP contribution in [0.1, 0.15) is 85.5 Å². The highest BCUT2D eigenvalue weighted by Gasteiger charge is 2.62. The van der Waals surface area contributed by atoms with Gasteiger partial charge in [-0.05, 0) is 85.9 Å². The number of hydrogen-bond acceptors (Lipinski definition) is 3. The molecule has 0 radical (unpaired) electrons. The normalized spacial score (nSPS) is 41.1. The molecule has 4 rings (SSSR count). The number of rotatable bonds is 5. The Balaban J connectivity index is 1.51. The Kier molecular flexibility index (Phi) is 6.60. The van der Waals surface area contributed by atoms with E-state index in [0.29, 0.717) is 48.5 Å². The highest BCUT2D eigenvalue weighted by molar-refractivity contribution is 5.88. The molecule has 186 valence electrons. The van der Waals surface area contributed by atoms with Gasteiger partial charge in [0.2, 0.25) is 17.7 Å². The largest absolute Gasteiger partial charge is 0.357 e. The van der Waals surface area contributed by atoms with E-state index in [4.69, 9.17) is 0 Å². The molecule has 33 heavy (non-hydrogen) atoms. The van der Waals surface area contributed by atoms with Gasteiger partial charge >= 0.3 is 0 Å². The number of likely N-dealkylation sites (N-methyl/N-ethyl adjacent to an activating group) is 1. The molecule has 1 heterocycles. The molecule has 2 N–H and O–H groups in total. The van der Waals surface area contributed by atoms with Crippen molar-refractivity contribution in [3.05, 3.63) is 0 Å². The molecule has 4 fully saturated rings. The number of carbonyl (C=O) groups excluding carboxylic acids is 3. The molecule has 8 atom stereocenters. The van der Waals surface area contributed by atoms with Gasteiger partial charge in [-0.2, -0.15) is 0 Å². The van der Waals surface area contributed by atoms with Gasteiger partial charge in [0.05, 0.1) is 0 Å². The third-order valence-electron chi connectivity index (χ3n) is 10.5. The van der Waals surface area contributed by atoms with Gasteiger partial charge in [-0.3, -0.25) is 14.4 Å². The quantitative estimate of drug-likeness (QED) is 0.657. The lowest BCUT2D eigenvalue weighted by Gasteiger charge is -2.61. The van der Waals surface area contributed by atoms with E-state index in [1.807, 2.05) is 11.9 Å². The van der Waals surface area contributed by atoms with Gasteiger partial charge in [-0.1, -0.05) is 27.7 Å². The van der Waals surface area contributed by atoms with E-state index in [-0.39, 0.29) is 28.6 Å². The molecule has 6 heteroatoms. The molecule has 1 aliphatic heterocycles. The summed E-state index contributed by atoms with van der Waals surface area (Å²) < 4.78 is 0. The van der Waals surface area contributed by atoms with Crippen LogP contribution >= 0.6 is 0 Å². The van der Waals surface area contributed by atoms with Gasteiger partial charge in [0, 0.05) is 32.5 Å². The van der Waals surface area contributed by atoms with E-state index in [2.05, 4.69) is 38.3 Å². The van der Waals surface area contributed by atoms with Crippen LogP contribution in [0.15, 0.2) is 0 Å². The second kappa shape index (κ2) is 8.88. The summed E-state index contributed by atoms with van der Waals surface area (Å²) in [6, 6.07) is -0.0830. The lowest BCUT2D eigenvalue weighted by atomic mass is 9.47. The van der Waals surface area contributed by atoms with Crippen LogP contribution < -0.4 is 10.6 Å². The van der Waals surface area contributed by atoms with Gasteiger partial charge < -0.3 is 15.5 Å². The van der Waals surface area contributed by atoms with Crippen LogP contribution in [0.25, 0.3) is 0 Å². The Morgan fingerprint density at radius 2 is 1.73 bits per heavy atom. The van der Waals surface area contributed by atoms with E-state index < -0.39 is 6.04 Å². The van der Waals surface area contributed by atoms with Gasteiger partial charge in [0.1, 0.15) is 6.04 Å². The smallest absolute Gasteiger partial charge is 0.242 e. The number of likely N-dealkylation sites (tertiary alicyclic amines) is 1. The average Bonchev–Trinajstić information content (AvgIpc) is 3.12. The van der Waals surface area contributed by atoms with Crippen molar-refractivity contribution in [3.8, 4) is 0 Å². The molecule has 4 aliphatic rings. The number of fused-ring (bicyclic) bond motifs is 5. The first-order valence-electron chi connectivity index (χ1n) is 13.3. The second-order valence-corrected chi connectivity index (χ2v) is 12.5. The number of hydrogen-bond donors (Lipinski definition) is 2. The molecule has 3 saturated carbocycles. The van der Waals surface area contributed by atoms with Gasteiger partial charge in [-0.15, -0.1) is 0 Å². The molecule has 3 amide bonds. The third kappa shape index (κ3) is 3.99. The van der Waals surface area contributed by atoms with E-state index in [9.17, 15) is 14.4 Å². The van der Waals surface area contributed by atoms with Crippen molar-refractivity contribution >= 4 is 17.7 Å². The Hall–Kier alpha value is -1.59. The first kappa shape index (κ1) is 24.5. The number of nitrogens with one attached hydrogen (secondary N) is 2. The topological polar surface area (TPSA) is 78.5 Å². The fourth-order valence-electron chi connectivity index (χ4n) is 8.73. The summed E-state index contributed by atoms with van der Waals surface area (Å²) in [5, 5.41) is 5.86. The summed E-state index contributed by atoms with van der Waals surface area (Å²) in [5.74, 6) is 2.48. The molecule has 0 bridgehead atoms. The molecule has 0 aromatic carbocycles. The van der Waals surface area contributed by atoms with Crippen LogP contribution in [-0.4, -0.2) is 48.8 Å². The number of amides is 3. The summed E-state index contributed by atoms with van der Waals surface area (Å²) >= 11 is 0. The summed E-state index contributed by atoms with van der Waals surface area (Å²) in [6.07, 6.45) is 8.88. The van der Waals surface area contributed by atoms with Gasteiger partial charge in [0.25, 0.3) is 0 Å². The zero-order valence-electron chi connectivity index (χ0n) is 21.6. The summed E-state index contributed by atoms with van der Waals surface area (Å²) in [6.45, 7) is 8.97. The molecule has 0 spiro atoms. The molecule has 3 aliphatic carbocycles. The van der Waals surface area contributed by atoms with E-state index >= 15 is 0 Å². The number of carbonyl (C=O) groups is 3. The molecular formula is C27H45N3O3. The fourth-order valence-corrected chi connectivity index (χ4v) is 8.73. The van der Waals surface area contributed by atoms with Crippen molar-refractivity contribution in [1.82, 2.24) is 15.5 Å². The fraction of sp³-hybridized carbons (Fsp3) is 0.889. The van der Waals surface area contributed by atoms with Crippen molar-refractivity contribution in [2.45, 2.75) is 97.6 Å². The Morgan fingerprint density at radius 3 is 2.39 bits per heavy atom. The highest BCUT2D eigenvalue weighted by Crippen LogP contribution is 2.66. The molecule has 1 saturated heterocycles. The van der Waals surface area contributed by atoms with Crippen LogP contribution in [0.2, 0.25) is 0 Å². The van der Waals surface area contributed by atoms with Crippen molar-refractivity contribution in [3.63, 3.8) is 0 Å². The first-order chi connectivity index (χ1) is 15.5. The minimum absolute atomic E-state index is 0.00983. The maximum atomic E-state index is 13.5. The lowest BCUT2D eigenvalue weighted by molar-refractivity contribution is -0.159. The summed E-state index contributed by atoms with van der Waals surface area (Å²) in [4.78, 5) is 40.4. The van der Waals surface area contributed by atoms with Crippen molar-refractivity contribution in [2.75, 3.05) is 14.1 Å². The SMILES string of the molecule is CNC(=O)[C@@H](CC(C)C)NC(=O)[C@H]1CC[C@H]2[C@@H]3CC[C@H]4N(C)C(=O)CC[C@]4(C)[C@H]3CC[C@]12C. The Labute approximate surface area is 200 Å². The standard InChI is InChI=1S/C27H45N3O3/c1-16(2)15-21(25(33)28-5)29-24(32)20-9-8-18-17-7-10-22-27(4,14-12-23(31)30(22)6)19(17)11-13-26(18,20)3/h16-22H,7-15H2,1-6H3,(H,28,33)(H,29,32)/t17-,18-,19-,20+,21+,22+,26-,27+/m0/s1. The summed E-state index contributed by atoms with van der Waals surface area (Å²) in [5.41, 5.74) is 0.213. The zero-order valence-corrected chi connectivity index (χ0v) is 21.6. The van der Waals surface area contributed by atoms with Crippen LogP contribution in [0.5, 0.6) is 0 Å². The van der Waals surface area contributed by atoms with E-state index in [1.165, 1.54) is 6.42 Å². The maximum absolute atomic E-state index is 13.5. The van der Waals surface area contributed by atoms with Crippen LogP contribution in [0.3, 0.4) is 0 Å². The predicted octanol–water partition coefficient (Wildman–Crippen LogP) is 3.74. The average molecular weight is 460 g/mol. The van der Waals surface area contributed by atoms with E-state index in [1.54, 1.807) is 7.05 Å². The lowest BCUT2D eigenvalue weighted by Crippen LogP contribution is -2.61. The summed E-state index contributed by atoms with van der Waals surface area (Å²) in [7, 11) is 3.65. The zero-order chi connectivity index (χ0) is 24.1. The van der Waals surface area contributed by atoms with Gasteiger partial charge in [0.15, 0.2) is 0 Å². The molecule has 0 aromatic rings. The Bertz CT molecular complexity index is 797. The van der Waals surface area contributed by atoms with Crippen molar-refractivity contribution < 1.29 is 14.4 Å². The van der Waals surface area contributed by atoms with Crippen LogP contribution in [-0.2, 0) is 14.4 Å². The van der Waals surface area contributed by atoms with E-state index in [0.717, 1.165) is 38.5 Å². The van der Waals surface area contributed by atoms with Crippen molar-refractivity contribution in [1.29, 1.82) is 0 Å². The second-order valence-electron chi connectivity index (χ2n) is 12.5. The molecule has 6 nitrogen and oxygen atoms in total. The minimum atomic E-state index is -0.453. The molecule has 0 aromatic heterocycles. The first-order valence-corrected chi connectivity index (χ1v) is 13.3. The third-order valence-corrected chi connectivity index (χ3v) is 10.5. The predicted molar refractivity (Wildman–Crippen MR) is 129 cm³/mol. The number of piperidine rings is 1. The minimum Gasteiger partial charge on any atom is -0.357 e. The van der Waals surface area contributed by atoms with Gasteiger partial charge in [-0.25, -0.2) is 0 Å². The number of nitrogens with zero attached hydrogens (tertiary/aromatic N) is 1. The maximum Gasteiger partial charge on any atom is 0.242 e. The monoisotopic (exact) mass is 459 g/mol. The Morgan fingerprint density at radius 1 is 1.03 bits per heavy atom.